The minimum absolute atomic E-state index is 0.100. The molecule has 1 heterocycles. The fourth-order valence-corrected chi connectivity index (χ4v) is 3.43. The SMILES string of the molecule is COc1ccc(C2(C3(C#N)CCC3)COC2)cc1C. The maximum Gasteiger partial charge on any atom is 0.121 e. The number of nitrogens with zero attached hydrogens (tertiary/aromatic N) is 1. The van der Waals surface area contributed by atoms with Crippen LogP contribution in [-0.4, -0.2) is 20.3 Å². The second-order valence-electron chi connectivity index (χ2n) is 5.81. The zero-order valence-electron chi connectivity index (χ0n) is 11.5. The summed E-state index contributed by atoms with van der Waals surface area (Å²) in [6.45, 7) is 3.40. The molecule has 2 aliphatic rings. The molecule has 3 heteroatoms. The highest BCUT2D eigenvalue weighted by molar-refractivity contribution is 5.43. The van der Waals surface area contributed by atoms with Crippen molar-refractivity contribution >= 4 is 0 Å². The van der Waals surface area contributed by atoms with E-state index in [1.165, 1.54) is 5.56 Å². The lowest BCUT2D eigenvalue weighted by Gasteiger charge is -2.56. The van der Waals surface area contributed by atoms with E-state index in [1.54, 1.807) is 7.11 Å². The van der Waals surface area contributed by atoms with Crippen molar-refractivity contribution in [3.8, 4) is 11.8 Å². The molecule has 0 atom stereocenters. The second-order valence-corrected chi connectivity index (χ2v) is 5.81. The molecule has 100 valence electrons. The highest BCUT2D eigenvalue weighted by atomic mass is 16.5. The number of methoxy groups -OCH3 is 1. The molecule has 0 radical (unpaired) electrons. The number of rotatable bonds is 3. The van der Waals surface area contributed by atoms with Crippen LogP contribution in [0.15, 0.2) is 18.2 Å². The summed E-state index contributed by atoms with van der Waals surface area (Å²) in [7, 11) is 1.69. The van der Waals surface area contributed by atoms with E-state index in [9.17, 15) is 5.26 Å². The summed E-state index contributed by atoms with van der Waals surface area (Å²) in [5.74, 6) is 0.902. The Hall–Kier alpha value is -1.53. The maximum atomic E-state index is 9.64. The number of hydrogen-bond acceptors (Lipinski definition) is 3. The third-order valence-electron chi connectivity index (χ3n) is 4.98. The third-order valence-corrected chi connectivity index (χ3v) is 4.98. The molecule has 19 heavy (non-hydrogen) atoms. The molecule has 0 aromatic heterocycles. The molecule has 1 saturated heterocycles. The fraction of sp³-hybridized carbons (Fsp3) is 0.562. The highest BCUT2D eigenvalue weighted by Gasteiger charge is 2.60. The van der Waals surface area contributed by atoms with E-state index in [2.05, 4.69) is 25.1 Å². The van der Waals surface area contributed by atoms with E-state index < -0.39 is 0 Å². The Labute approximate surface area is 114 Å². The average molecular weight is 257 g/mol. The largest absolute Gasteiger partial charge is 0.496 e. The minimum Gasteiger partial charge on any atom is -0.496 e. The Bertz CT molecular complexity index is 536. The third kappa shape index (κ3) is 1.53. The quantitative estimate of drug-likeness (QED) is 0.836. The van der Waals surface area contributed by atoms with Crippen LogP contribution in [0.25, 0.3) is 0 Å². The van der Waals surface area contributed by atoms with Crippen LogP contribution in [0, 0.1) is 23.7 Å². The van der Waals surface area contributed by atoms with Crippen molar-refractivity contribution in [1.29, 1.82) is 5.26 Å². The molecule has 3 rings (SSSR count). The topological polar surface area (TPSA) is 42.2 Å². The van der Waals surface area contributed by atoms with E-state index in [0.29, 0.717) is 13.2 Å². The van der Waals surface area contributed by atoms with Crippen molar-refractivity contribution in [1.82, 2.24) is 0 Å². The molecule has 1 aliphatic carbocycles. The van der Waals surface area contributed by atoms with Crippen molar-refractivity contribution in [2.75, 3.05) is 20.3 Å². The Morgan fingerprint density at radius 1 is 1.32 bits per heavy atom. The smallest absolute Gasteiger partial charge is 0.121 e. The first-order valence-electron chi connectivity index (χ1n) is 6.82. The molecule has 0 bridgehead atoms. The van der Waals surface area contributed by atoms with E-state index in [0.717, 1.165) is 30.6 Å². The zero-order chi connectivity index (χ0) is 13.5. The predicted octanol–water partition coefficient (Wildman–Crippen LogP) is 2.97. The summed E-state index contributed by atoms with van der Waals surface area (Å²) in [6.07, 6.45) is 3.15. The zero-order valence-corrected chi connectivity index (χ0v) is 11.5. The number of nitriles is 1. The molecular weight excluding hydrogens is 238 g/mol. The lowest BCUT2D eigenvalue weighted by molar-refractivity contribution is -0.134. The molecule has 2 fully saturated rings. The Kier molecular flexibility index (Phi) is 2.79. The standard InChI is InChI=1S/C16H19NO2/c1-12-8-13(4-5-14(12)18-2)16(10-19-11-16)15(9-17)6-3-7-15/h4-5,8H,3,6-7,10-11H2,1-2H3. The van der Waals surface area contributed by atoms with Gasteiger partial charge in [-0.05, 0) is 37.0 Å². The Morgan fingerprint density at radius 3 is 2.42 bits per heavy atom. The molecule has 3 nitrogen and oxygen atoms in total. The van der Waals surface area contributed by atoms with Crippen LogP contribution in [0.1, 0.15) is 30.4 Å². The van der Waals surface area contributed by atoms with E-state index >= 15 is 0 Å². The van der Waals surface area contributed by atoms with Crippen molar-refractivity contribution in [3.05, 3.63) is 29.3 Å². The van der Waals surface area contributed by atoms with E-state index in [1.807, 2.05) is 6.07 Å². The Balaban J connectivity index is 2.03. The monoisotopic (exact) mass is 257 g/mol. The van der Waals surface area contributed by atoms with Gasteiger partial charge < -0.3 is 9.47 Å². The summed E-state index contributed by atoms with van der Waals surface area (Å²) < 4.78 is 10.8. The average Bonchev–Trinajstić information content (AvgIpc) is 2.31. The number of aryl methyl sites for hydroxylation is 1. The molecule has 0 unspecified atom stereocenters. The lowest BCUT2D eigenvalue weighted by Crippen LogP contribution is -2.61. The van der Waals surface area contributed by atoms with Gasteiger partial charge in [0.2, 0.25) is 0 Å². The summed E-state index contributed by atoms with van der Waals surface area (Å²) in [5.41, 5.74) is 2.04. The first-order chi connectivity index (χ1) is 9.17. The predicted molar refractivity (Wildman–Crippen MR) is 72.1 cm³/mol. The van der Waals surface area contributed by atoms with Gasteiger partial charge in [-0.1, -0.05) is 18.6 Å². The van der Waals surface area contributed by atoms with Gasteiger partial charge in [0.05, 0.1) is 37.2 Å². The molecule has 0 N–H and O–H groups in total. The summed E-state index contributed by atoms with van der Waals surface area (Å²) in [6, 6.07) is 8.87. The van der Waals surface area contributed by atoms with Gasteiger partial charge in [0, 0.05) is 0 Å². The normalized spacial score (nSPS) is 22.8. The summed E-state index contributed by atoms with van der Waals surface area (Å²) in [5, 5.41) is 9.64. The molecule has 1 aromatic rings. The van der Waals surface area contributed by atoms with Gasteiger partial charge in [0.25, 0.3) is 0 Å². The number of benzene rings is 1. The van der Waals surface area contributed by atoms with Crippen LogP contribution in [0.2, 0.25) is 0 Å². The molecule has 1 saturated carbocycles. The van der Waals surface area contributed by atoms with E-state index in [4.69, 9.17) is 9.47 Å². The van der Waals surface area contributed by atoms with Crippen LogP contribution in [0.4, 0.5) is 0 Å². The second kappa shape index (κ2) is 4.25. The molecule has 0 amide bonds. The lowest BCUT2D eigenvalue weighted by atomic mass is 9.50. The van der Waals surface area contributed by atoms with Crippen LogP contribution >= 0.6 is 0 Å². The highest BCUT2D eigenvalue weighted by Crippen LogP contribution is 2.58. The summed E-state index contributed by atoms with van der Waals surface area (Å²) in [4.78, 5) is 0. The molecular formula is C16H19NO2. The van der Waals surface area contributed by atoms with Gasteiger partial charge in [0.1, 0.15) is 5.75 Å². The maximum absolute atomic E-state index is 9.64. The molecule has 0 spiro atoms. The molecule has 1 aliphatic heterocycles. The van der Waals surface area contributed by atoms with Gasteiger partial charge in [-0.3, -0.25) is 0 Å². The van der Waals surface area contributed by atoms with Crippen LogP contribution < -0.4 is 4.74 Å². The van der Waals surface area contributed by atoms with Crippen LogP contribution in [0.5, 0.6) is 5.75 Å². The Morgan fingerprint density at radius 2 is 2.05 bits per heavy atom. The van der Waals surface area contributed by atoms with Gasteiger partial charge >= 0.3 is 0 Å². The fourth-order valence-electron chi connectivity index (χ4n) is 3.43. The number of hydrogen-bond donors (Lipinski definition) is 0. The van der Waals surface area contributed by atoms with Crippen molar-refractivity contribution in [3.63, 3.8) is 0 Å². The van der Waals surface area contributed by atoms with Crippen molar-refractivity contribution in [2.24, 2.45) is 5.41 Å². The van der Waals surface area contributed by atoms with Gasteiger partial charge in [-0.15, -0.1) is 0 Å². The van der Waals surface area contributed by atoms with Crippen molar-refractivity contribution in [2.45, 2.75) is 31.6 Å². The summed E-state index contributed by atoms with van der Waals surface area (Å²) >= 11 is 0. The van der Waals surface area contributed by atoms with Gasteiger partial charge in [0.15, 0.2) is 0 Å². The van der Waals surface area contributed by atoms with Gasteiger partial charge in [-0.2, -0.15) is 5.26 Å². The van der Waals surface area contributed by atoms with Gasteiger partial charge in [-0.25, -0.2) is 0 Å². The first-order valence-corrected chi connectivity index (χ1v) is 6.82. The van der Waals surface area contributed by atoms with Crippen LogP contribution in [0.3, 0.4) is 0 Å². The number of ether oxygens (including phenoxy) is 2. The van der Waals surface area contributed by atoms with Crippen molar-refractivity contribution < 1.29 is 9.47 Å². The van der Waals surface area contributed by atoms with Crippen LogP contribution in [-0.2, 0) is 10.2 Å². The molecule has 1 aromatic carbocycles. The van der Waals surface area contributed by atoms with E-state index in [-0.39, 0.29) is 10.8 Å². The first kappa shape index (κ1) is 12.5. The minimum atomic E-state index is -0.216.